The first-order chi connectivity index (χ1) is 10.6. The third-order valence-corrected chi connectivity index (χ3v) is 4.61. The minimum Gasteiger partial charge on any atom is -0.367 e. The molecule has 0 aliphatic carbocycles. The van der Waals surface area contributed by atoms with Crippen molar-refractivity contribution in [1.82, 2.24) is 4.90 Å². The van der Waals surface area contributed by atoms with Crippen molar-refractivity contribution < 1.29 is 9.53 Å². The zero-order chi connectivity index (χ0) is 15.5. The highest BCUT2D eigenvalue weighted by molar-refractivity contribution is 7.07. The largest absolute Gasteiger partial charge is 0.367 e. The number of thiophene rings is 1. The zero-order valence-corrected chi connectivity index (χ0v) is 13.3. The number of nitrogens with two attached hydrogens (primary N) is 1. The summed E-state index contributed by atoms with van der Waals surface area (Å²) in [7, 11) is 0. The number of morpholine rings is 1. The van der Waals surface area contributed by atoms with Crippen LogP contribution in [0.2, 0.25) is 0 Å². The maximum atomic E-state index is 12.7. The van der Waals surface area contributed by atoms with Gasteiger partial charge in [0.15, 0.2) is 0 Å². The van der Waals surface area contributed by atoms with Crippen LogP contribution in [0.15, 0.2) is 47.2 Å². The third kappa shape index (κ3) is 3.21. The number of rotatable bonds is 3. The molecule has 3 atom stereocenters. The fourth-order valence-corrected chi connectivity index (χ4v) is 3.48. The van der Waals surface area contributed by atoms with E-state index >= 15 is 0 Å². The molecule has 2 N–H and O–H groups in total. The van der Waals surface area contributed by atoms with Crippen molar-refractivity contribution in [2.24, 2.45) is 5.73 Å². The Morgan fingerprint density at radius 2 is 2.09 bits per heavy atom. The van der Waals surface area contributed by atoms with Gasteiger partial charge < -0.3 is 15.4 Å². The van der Waals surface area contributed by atoms with Gasteiger partial charge in [-0.3, -0.25) is 4.79 Å². The molecule has 0 saturated carbocycles. The Morgan fingerprint density at radius 3 is 2.77 bits per heavy atom. The van der Waals surface area contributed by atoms with E-state index in [1.54, 1.807) is 11.3 Å². The highest BCUT2D eigenvalue weighted by atomic mass is 32.1. The molecule has 22 heavy (non-hydrogen) atoms. The molecule has 1 aromatic carbocycles. The van der Waals surface area contributed by atoms with E-state index in [1.807, 2.05) is 53.6 Å². The Morgan fingerprint density at radius 1 is 1.32 bits per heavy atom. The van der Waals surface area contributed by atoms with Gasteiger partial charge in [0.1, 0.15) is 12.1 Å². The van der Waals surface area contributed by atoms with Gasteiger partial charge >= 0.3 is 0 Å². The monoisotopic (exact) mass is 316 g/mol. The van der Waals surface area contributed by atoms with Gasteiger partial charge in [0.2, 0.25) is 5.91 Å². The number of carbonyl (C=O) groups is 1. The number of benzene rings is 1. The molecule has 5 heteroatoms. The summed E-state index contributed by atoms with van der Waals surface area (Å²) < 4.78 is 5.97. The van der Waals surface area contributed by atoms with Crippen LogP contribution in [0, 0.1) is 0 Å². The molecule has 0 spiro atoms. The highest BCUT2D eigenvalue weighted by Crippen LogP contribution is 2.28. The average molecular weight is 316 g/mol. The first-order valence-corrected chi connectivity index (χ1v) is 8.36. The van der Waals surface area contributed by atoms with Crippen molar-refractivity contribution in [3.63, 3.8) is 0 Å². The summed E-state index contributed by atoms with van der Waals surface area (Å²) in [5, 5.41) is 4.10. The molecule has 1 aromatic heterocycles. The number of hydrogen-bond donors (Lipinski definition) is 1. The van der Waals surface area contributed by atoms with Crippen molar-refractivity contribution in [3.05, 3.63) is 58.3 Å². The van der Waals surface area contributed by atoms with E-state index in [2.05, 4.69) is 5.38 Å². The zero-order valence-electron chi connectivity index (χ0n) is 12.5. The molecule has 1 fully saturated rings. The lowest BCUT2D eigenvalue weighted by Gasteiger charge is -2.37. The summed E-state index contributed by atoms with van der Waals surface area (Å²) in [6.07, 6.45) is -0.0625. The Hall–Kier alpha value is -1.69. The molecule has 2 aromatic rings. The maximum absolute atomic E-state index is 12.7. The molecule has 3 rings (SSSR count). The molecule has 0 unspecified atom stereocenters. The normalized spacial score (nSPS) is 23.3. The number of ether oxygens (including phenoxy) is 1. The molecule has 1 aliphatic heterocycles. The summed E-state index contributed by atoms with van der Waals surface area (Å²) in [5.74, 6) is -0.0402. The van der Waals surface area contributed by atoms with Gasteiger partial charge in [-0.05, 0) is 34.9 Å². The molecule has 1 amide bonds. The van der Waals surface area contributed by atoms with E-state index in [1.165, 1.54) is 0 Å². The van der Waals surface area contributed by atoms with Crippen molar-refractivity contribution in [2.75, 3.05) is 13.1 Å². The topological polar surface area (TPSA) is 55.6 Å². The minimum absolute atomic E-state index is 0.00516. The molecular formula is C17H20N2O2S. The predicted molar refractivity (Wildman–Crippen MR) is 87.6 cm³/mol. The molecule has 1 aliphatic rings. The van der Waals surface area contributed by atoms with Crippen molar-refractivity contribution >= 4 is 17.2 Å². The van der Waals surface area contributed by atoms with Gasteiger partial charge in [0.25, 0.3) is 0 Å². The van der Waals surface area contributed by atoms with Crippen LogP contribution in [-0.2, 0) is 9.53 Å². The lowest BCUT2D eigenvalue weighted by atomic mass is 10.0. The van der Waals surface area contributed by atoms with E-state index in [0.717, 1.165) is 11.1 Å². The van der Waals surface area contributed by atoms with Crippen LogP contribution < -0.4 is 5.73 Å². The molecule has 2 heterocycles. The van der Waals surface area contributed by atoms with Crippen LogP contribution in [0.3, 0.4) is 0 Å². The van der Waals surface area contributed by atoms with Crippen LogP contribution in [0.25, 0.3) is 0 Å². The second-order valence-corrected chi connectivity index (χ2v) is 6.40. The quantitative estimate of drug-likeness (QED) is 0.947. The Kier molecular flexibility index (Phi) is 4.57. The molecule has 0 bridgehead atoms. The fraction of sp³-hybridized carbons (Fsp3) is 0.353. The van der Waals surface area contributed by atoms with Gasteiger partial charge in [-0.2, -0.15) is 11.3 Å². The fourth-order valence-electron chi connectivity index (χ4n) is 2.77. The standard InChI is InChI=1S/C17H20N2O2S/c1-12-9-19(10-15(21-12)14-7-8-22-11-14)17(20)16(18)13-5-3-2-4-6-13/h2-8,11-12,15-16H,9-10,18H2,1H3/t12-,15+,16+/m1/s1. The van der Waals surface area contributed by atoms with Crippen molar-refractivity contribution in [1.29, 1.82) is 0 Å². The molecule has 1 saturated heterocycles. The summed E-state index contributed by atoms with van der Waals surface area (Å²) in [5.41, 5.74) is 8.12. The van der Waals surface area contributed by atoms with E-state index in [0.29, 0.717) is 13.1 Å². The lowest BCUT2D eigenvalue weighted by Crippen LogP contribution is -2.48. The maximum Gasteiger partial charge on any atom is 0.244 e. The van der Waals surface area contributed by atoms with Gasteiger partial charge in [0, 0.05) is 6.54 Å². The molecule has 116 valence electrons. The van der Waals surface area contributed by atoms with Gasteiger partial charge in [-0.15, -0.1) is 0 Å². The van der Waals surface area contributed by atoms with Gasteiger partial charge in [-0.1, -0.05) is 30.3 Å². The van der Waals surface area contributed by atoms with Crippen LogP contribution in [0.5, 0.6) is 0 Å². The Bertz CT molecular complexity index is 615. The molecule has 4 nitrogen and oxygen atoms in total. The van der Waals surface area contributed by atoms with Crippen LogP contribution in [0.4, 0.5) is 0 Å². The van der Waals surface area contributed by atoms with E-state index < -0.39 is 6.04 Å². The Labute approximate surface area is 134 Å². The summed E-state index contributed by atoms with van der Waals surface area (Å²) >= 11 is 1.64. The Balaban J connectivity index is 1.74. The summed E-state index contributed by atoms with van der Waals surface area (Å²) in [6, 6.07) is 10.9. The van der Waals surface area contributed by atoms with E-state index in [9.17, 15) is 4.79 Å². The van der Waals surface area contributed by atoms with Crippen LogP contribution in [-0.4, -0.2) is 30.0 Å². The molecular weight excluding hydrogens is 296 g/mol. The number of carbonyl (C=O) groups excluding carboxylic acids is 1. The molecule has 0 radical (unpaired) electrons. The smallest absolute Gasteiger partial charge is 0.244 e. The second-order valence-electron chi connectivity index (χ2n) is 5.62. The lowest BCUT2D eigenvalue weighted by molar-refractivity contribution is -0.146. The third-order valence-electron chi connectivity index (χ3n) is 3.91. The summed E-state index contributed by atoms with van der Waals surface area (Å²) in [4.78, 5) is 14.5. The predicted octanol–water partition coefficient (Wildman–Crippen LogP) is 2.74. The second kappa shape index (κ2) is 6.60. The van der Waals surface area contributed by atoms with Crippen molar-refractivity contribution in [2.45, 2.75) is 25.2 Å². The average Bonchev–Trinajstić information content (AvgIpc) is 3.08. The van der Waals surface area contributed by atoms with Gasteiger partial charge in [0.05, 0.1) is 12.6 Å². The first-order valence-electron chi connectivity index (χ1n) is 7.42. The SMILES string of the molecule is C[C@@H]1CN(C(=O)[C@@H](N)c2ccccc2)C[C@@H](c2ccsc2)O1. The number of hydrogen-bond acceptors (Lipinski definition) is 4. The summed E-state index contributed by atoms with van der Waals surface area (Å²) in [6.45, 7) is 3.13. The number of nitrogens with zero attached hydrogens (tertiary/aromatic N) is 1. The van der Waals surface area contributed by atoms with E-state index in [4.69, 9.17) is 10.5 Å². The van der Waals surface area contributed by atoms with Crippen LogP contribution in [0.1, 0.15) is 30.2 Å². The van der Waals surface area contributed by atoms with E-state index in [-0.39, 0.29) is 18.1 Å². The van der Waals surface area contributed by atoms with Crippen molar-refractivity contribution in [3.8, 4) is 0 Å². The van der Waals surface area contributed by atoms with Gasteiger partial charge in [-0.25, -0.2) is 0 Å². The first kappa shape index (κ1) is 15.2. The van der Waals surface area contributed by atoms with Crippen LogP contribution >= 0.6 is 11.3 Å². The highest BCUT2D eigenvalue weighted by Gasteiger charge is 2.32. The minimum atomic E-state index is -0.616. The number of amides is 1.